The molecule has 0 amide bonds. The Balaban J connectivity index is 2.97. The minimum atomic E-state index is -0.753. The van der Waals surface area contributed by atoms with Crippen molar-refractivity contribution in [1.82, 2.24) is 0 Å². The molecule has 78 valence electrons. The van der Waals surface area contributed by atoms with Gasteiger partial charge < -0.3 is 5.11 Å². The van der Waals surface area contributed by atoms with Crippen LogP contribution in [0, 0.1) is 6.92 Å². The lowest BCUT2D eigenvalue weighted by molar-refractivity contribution is -0.138. The molecule has 0 aliphatic carbocycles. The van der Waals surface area contributed by atoms with E-state index < -0.39 is 5.97 Å². The molecule has 1 heterocycles. The number of carbonyl (C=O) groups is 1. The first-order valence-electron chi connectivity index (χ1n) is 4.31. The predicted molar refractivity (Wildman–Crippen MR) is 62.0 cm³/mol. The monoisotopic (exact) mass is 276 g/mol. The van der Waals surface area contributed by atoms with Gasteiger partial charge in [0.25, 0.3) is 0 Å². The van der Waals surface area contributed by atoms with Crippen molar-refractivity contribution in [3.05, 3.63) is 20.3 Å². The summed E-state index contributed by atoms with van der Waals surface area (Å²) in [5.74, 6) is -0.753. The van der Waals surface area contributed by atoms with Crippen LogP contribution in [0.2, 0.25) is 0 Å². The second kappa shape index (κ2) is 4.03. The molecule has 0 atom stereocenters. The molecular formula is C10H13BrO2S. The van der Waals surface area contributed by atoms with Crippen LogP contribution >= 0.6 is 27.3 Å². The van der Waals surface area contributed by atoms with Crippen molar-refractivity contribution in [3.8, 4) is 0 Å². The van der Waals surface area contributed by atoms with Gasteiger partial charge in [-0.05, 0) is 34.5 Å². The largest absolute Gasteiger partial charge is 0.481 e. The molecule has 0 saturated heterocycles. The van der Waals surface area contributed by atoms with Gasteiger partial charge in [-0.3, -0.25) is 4.79 Å². The highest BCUT2D eigenvalue weighted by molar-refractivity contribution is 9.11. The first kappa shape index (κ1) is 11.7. The van der Waals surface area contributed by atoms with E-state index in [9.17, 15) is 4.79 Å². The molecule has 0 aliphatic heterocycles. The van der Waals surface area contributed by atoms with Crippen molar-refractivity contribution in [1.29, 1.82) is 0 Å². The van der Waals surface area contributed by atoms with E-state index in [1.165, 1.54) is 5.56 Å². The van der Waals surface area contributed by atoms with Gasteiger partial charge in [0.05, 0.1) is 10.2 Å². The summed E-state index contributed by atoms with van der Waals surface area (Å²) < 4.78 is 1.09. The topological polar surface area (TPSA) is 37.3 Å². The normalized spacial score (nSPS) is 11.7. The number of hydrogen-bond donors (Lipinski definition) is 1. The average Bonchev–Trinajstić information content (AvgIpc) is 2.30. The van der Waals surface area contributed by atoms with Crippen LogP contribution in [0.5, 0.6) is 0 Å². The van der Waals surface area contributed by atoms with E-state index in [2.05, 4.69) is 22.0 Å². The van der Waals surface area contributed by atoms with Crippen molar-refractivity contribution < 1.29 is 9.90 Å². The van der Waals surface area contributed by atoms with Gasteiger partial charge in [0, 0.05) is 10.3 Å². The van der Waals surface area contributed by atoms with E-state index in [0.717, 1.165) is 8.66 Å². The fourth-order valence-corrected chi connectivity index (χ4v) is 2.89. The van der Waals surface area contributed by atoms with E-state index in [0.29, 0.717) is 0 Å². The van der Waals surface area contributed by atoms with E-state index in [4.69, 9.17) is 5.11 Å². The molecule has 14 heavy (non-hydrogen) atoms. The van der Waals surface area contributed by atoms with E-state index in [-0.39, 0.29) is 11.8 Å². The smallest absolute Gasteiger partial charge is 0.304 e. The number of aliphatic carboxylic acids is 1. The number of carboxylic acids is 1. The summed E-state index contributed by atoms with van der Waals surface area (Å²) in [4.78, 5) is 11.8. The Hall–Kier alpha value is -0.350. The van der Waals surface area contributed by atoms with Gasteiger partial charge in [0.2, 0.25) is 0 Å². The lowest BCUT2D eigenvalue weighted by atomic mass is 9.87. The lowest BCUT2D eigenvalue weighted by Crippen LogP contribution is -2.20. The summed E-state index contributed by atoms with van der Waals surface area (Å²) >= 11 is 5.06. The van der Waals surface area contributed by atoms with Gasteiger partial charge >= 0.3 is 5.97 Å². The lowest BCUT2D eigenvalue weighted by Gasteiger charge is -2.20. The number of carboxylic acid groups (broad SMARTS) is 1. The third-order valence-corrected chi connectivity index (χ3v) is 4.62. The van der Waals surface area contributed by atoms with Gasteiger partial charge in [0.15, 0.2) is 0 Å². The Kier molecular flexibility index (Phi) is 3.37. The molecule has 0 aromatic carbocycles. The summed E-state index contributed by atoms with van der Waals surface area (Å²) in [6.45, 7) is 5.93. The highest BCUT2D eigenvalue weighted by Crippen LogP contribution is 2.37. The van der Waals surface area contributed by atoms with Crippen molar-refractivity contribution in [2.75, 3.05) is 0 Å². The molecule has 0 aliphatic rings. The molecule has 1 rings (SSSR count). The summed E-state index contributed by atoms with van der Waals surface area (Å²) in [5, 5.41) is 8.78. The molecule has 1 N–H and O–H groups in total. The quantitative estimate of drug-likeness (QED) is 0.917. The van der Waals surface area contributed by atoms with Crippen LogP contribution in [0.4, 0.5) is 0 Å². The molecule has 1 aromatic rings. The van der Waals surface area contributed by atoms with Crippen LogP contribution < -0.4 is 0 Å². The zero-order chi connectivity index (χ0) is 10.9. The fourth-order valence-electron chi connectivity index (χ4n) is 1.26. The standard InChI is InChI=1S/C10H13BrO2S/c1-6-4-7(14-9(6)11)10(2,3)5-8(12)13/h4H,5H2,1-3H3,(H,12,13). The zero-order valence-corrected chi connectivity index (χ0v) is 10.8. The molecule has 1 aromatic heterocycles. The number of hydrogen-bond acceptors (Lipinski definition) is 2. The zero-order valence-electron chi connectivity index (χ0n) is 8.43. The van der Waals surface area contributed by atoms with E-state index in [1.54, 1.807) is 11.3 Å². The molecule has 2 nitrogen and oxygen atoms in total. The highest BCUT2D eigenvalue weighted by atomic mass is 79.9. The van der Waals surface area contributed by atoms with Gasteiger partial charge in [0.1, 0.15) is 0 Å². The third-order valence-electron chi connectivity index (χ3n) is 2.12. The number of thiophene rings is 1. The van der Waals surface area contributed by atoms with Crippen molar-refractivity contribution in [2.24, 2.45) is 0 Å². The van der Waals surface area contributed by atoms with Crippen molar-refractivity contribution in [3.63, 3.8) is 0 Å². The Morgan fingerprint density at radius 2 is 2.21 bits per heavy atom. The van der Waals surface area contributed by atoms with Crippen LogP contribution in [0.3, 0.4) is 0 Å². The van der Waals surface area contributed by atoms with Crippen LogP contribution in [-0.2, 0) is 10.2 Å². The molecular weight excluding hydrogens is 264 g/mol. The minimum Gasteiger partial charge on any atom is -0.481 e. The van der Waals surface area contributed by atoms with Crippen molar-refractivity contribution in [2.45, 2.75) is 32.6 Å². The van der Waals surface area contributed by atoms with Crippen LogP contribution in [0.15, 0.2) is 9.85 Å². The third kappa shape index (κ3) is 2.58. The van der Waals surface area contributed by atoms with Gasteiger partial charge in [-0.15, -0.1) is 11.3 Å². The van der Waals surface area contributed by atoms with E-state index in [1.807, 2.05) is 20.8 Å². The maximum atomic E-state index is 10.7. The second-order valence-corrected chi connectivity index (χ2v) is 6.39. The summed E-state index contributed by atoms with van der Waals surface area (Å²) in [7, 11) is 0. The molecule has 0 bridgehead atoms. The Morgan fingerprint density at radius 1 is 1.64 bits per heavy atom. The number of rotatable bonds is 3. The van der Waals surface area contributed by atoms with Gasteiger partial charge in [-0.1, -0.05) is 13.8 Å². The van der Waals surface area contributed by atoms with E-state index >= 15 is 0 Å². The summed E-state index contributed by atoms with van der Waals surface area (Å²) in [6, 6.07) is 2.05. The summed E-state index contributed by atoms with van der Waals surface area (Å²) in [6.07, 6.45) is 0.166. The maximum absolute atomic E-state index is 10.7. The van der Waals surface area contributed by atoms with Gasteiger partial charge in [-0.25, -0.2) is 0 Å². The average molecular weight is 277 g/mol. The SMILES string of the molecule is Cc1cc(C(C)(C)CC(=O)O)sc1Br. The Morgan fingerprint density at radius 3 is 2.57 bits per heavy atom. The first-order valence-corrected chi connectivity index (χ1v) is 5.92. The summed E-state index contributed by atoms with van der Waals surface area (Å²) in [5.41, 5.74) is 0.885. The van der Waals surface area contributed by atoms with Crippen LogP contribution in [0.25, 0.3) is 0 Å². The molecule has 0 fully saturated rings. The molecule has 0 radical (unpaired) electrons. The molecule has 0 spiro atoms. The number of halogens is 1. The Labute approximate surface area is 96.1 Å². The molecule has 0 saturated carbocycles. The maximum Gasteiger partial charge on any atom is 0.304 e. The van der Waals surface area contributed by atoms with Crippen LogP contribution in [-0.4, -0.2) is 11.1 Å². The highest BCUT2D eigenvalue weighted by Gasteiger charge is 2.26. The Bertz CT molecular complexity index is 336. The van der Waals surface area contributed by atoms with Crippen LogP contribution in [0.1, 0.15) is 30.7 Å². The number of aryl methyl sites for hydroxylation is 1. The second-order valence-electron chi connectivity index (χ2n) is 4.02. The first-order chi connectivity index (χ1) is 6.33. The minimum absolute atomic E-state index is 0.166. The van der Waals surface area contributed by atoms with Crippen molar-refractivity contribution >= 4 is 33.2 Å². The predicted octanol–water partition coefficient (Wildman–Crippen LogP) is 3.57. The molecule has 4 heteroatoms. The molecule has 0 unspecified atom stereocenters. The fraction of sp³-hybridized carbons (Fsp3) is 0.500. The van der Waals surface area contributed by atoms with Gasteiger partial charge in [-0.2, -0.15) is 0 Å².